The molecule has 2 aromatic carbocycles. The Morgan fingerprint density at radius 2 is 1.83 bits per heavy atom. The summed E-state index contributed by atoms with van der Waals surface area (Å²) in [5, 5.41) is 1.61. The normalized spacial score (nSPS) is 20.3. The number of nitrogens with zero attached hydrogens (tertiary/aromatic N) is 1. The van der Waals surface area contributed by atoms with Gasteiger partial charge in [0, 0.05) is 6.54 Å². The molecule has 1 N–H and O–H groups in total. The molecule has 2 saturated heterocycles. The highest BCUT2D eigenvalue weighted by molar-refractivity contribution is 8.15. The number of amides is 3. The minimum atomic E-state index is -0.379. The van der Waals surface area contributed by atoms with Gasteiger partial charge in [-0.05, 0) is 29.7 Å². The number of rotatable bonds is 7. The van der Waals surface area contributed by atoms with E-state index in [0.717, 1.165) is 22.9 Å². The molecule has 150 valence electrons. The fourth-order valence-electron chi connectivity index (χ4n) is 3.00. The number of hydrogen-bond acceptors (Lipinski definition) is 6. The van der Waals surface area contributed by atoms with E-state index in [9.17, 15) is 14.4 Å². The van der Waals surface area contributed by atoms with E-state index < -0.39 is 0 Å². The molecule has 8 heteroatoms. The summed E-state index contributed by atoms with van der Waals surface area (Å²) in [7, 11) is 0. The molecule has 29 heavy (non-hydrogen) atoms. The smallest absolute Gasteiger partial charge is 0.410 e. The fraction of sp³-hybridized carbons (Fsp3) is 0.286. The van der Waals surface area contributed by atoms with Crippen molar-refractivity contribution in [1.29, 1.82) is 0 Å². The van der Waals surface area contributed by atoms with Gasteiger partial charge in [0.25, 0.3) is 5.24 Å². The van der Waals surface area contributed by atoms with Gasteiger partial charge in [0.1, 0.15) is 19.0 Å². The van der Waals surface area contributed by atoms with Crippen LogP contribution in [0, 0.1) is 0 Å². The molecule has 2 heterocycles. The highest BCUT2D eigenvalue weighted by atomic mass is 32.2. The van der Waals surface area contributed by atoms with Crippen LogP contribution in [0.4, 0.5) is 9.59 Å². The zero-order chi connectivity index (χ0) is 20.2. The third-order valence-corrected chi connectivity index (χ3v) is 5.69. The molecule has 0 aliphatic carbocycles. The number of benzene rings is 2. The molecule has 7 nitrogen and oxygen atoms in total. The maximum absolute atomic E-state index is 12.0. The summed E-state index contributed by atoms with van der Waals surface area (Å²) < 4.78 is 11.1. The first kappa shape index (κ1) is 19.3. The van der Waals surface area contributed by atoms with Crippen LogP contribution >= 0.6 is 11.8 Å². The van der Waals surface area contributed by atoms with Crippen molar-refractivity contribution in [2.45, 2.75) is 24.3 Å². The Labute approximate surface area is 172 Å². The predicted octanol–water partition coefficient (Wildman–Crippen LogP) is 2.98. The van der Waals surface area contributed by atoms with Crippen LogP contribution in [-0.2, 0) is 22.6 Å². The van der Waals surface area contributed by atoms with E-state index in [1.807, 2.05) is 54.6 Å². The van der Waals surface area contributed by atoms with Crippen molar-refractivity contribution >= 4 is 29.0 Å². The van der Waals surface area contributed by atoms with E-state index >= 15 is 0 Å². The number of carbonyl (C=O) groups is 3. The van der Waals surface area contributed by atoms with Crippen LogP contribution in [-0.4, -0.2) is 46.6 Å². The number of ether oxygens (including phenoxy) is 2. The van der Waals surface area contributed by atoms with Crippen LogP contribution in [0.5, 0.6) is 5.75 Å². The zero-order valence-electron chi connectivity index (χ0n) is 15.6. The van der Waals surface area contributed by atoms with Crippen molar-refractivity contribution in [1.82, 2.24) is 10.2 Å². The number of nitrogens with one attached hydrogen (secondary N) is 1. The Morgan fingerprint density at radius 3 is 2.52 bits per heavy atom. The Hall–Kier alpha value is -3.00. The predicted molar refractivity (Wildman–Crippen MR) is 108 cm³/mol. The molecule has 0 spiro atoms. The van der Waals surface area contributed by atoms with Gasteiger partial charge in [-0.15, -0.1) is 0 Å². The fourth-order valence-corrected chi connectivity index (χ4v) is 3.86. The maximum Gasteiger partial charge on any atom is 0.410 e. The minimum absolute atomic E-state index is 0.0162. The Kier molecular flexibility index (Phi) is 5.71. The lowest BCUT2D eigenvalue weighted by Gasteiger charge is -2.09. The molecule has 2 aliphatic rings. The van der Waals surface area contributed by atoms with Crippen molar-refractivity contribution in [3.8, 4) is 5.75 Å². The van der Waals surface area contributed by atoms with Crippen LogP contribution < -0.4 is 10.1 Å². The van der Waals surface area contributed by atoms with Crippen LogP contribution in [0.3, 0.4) is 0 Å². The largest absolute Gasteiger partial charge is 0.491 e. The van der Waals surface area contributed by atoms with Gasteiger partial charge in [-0.2, -0.15) is 0 Å². The summed E-state index contributed by atoms with van der Waals surface area (Å²) in [6.45, 7) is 1.27. The van der Waals surface area contributed by atoms with Crippen molar-refractivity contribution in [3.05, 3.63) is 65.7 Å². The van der Waals surface area contributed by atoms with Gasteiger partial charge in [-0.3, -0.25) is 19.8 Å². The van der Waals surface area contributed by atoms with Gasteiger partial charge in [0.2, 0.25) is 5.91 Å². The van der Waals surface area contributed by atoms with E-state index in [-0.39, 0.29) is 35.1 Å². The number of imide groups is 1. The van der Waals surface area contributed by atoms with E-state index in [1.165, 1.54) is 0 Å². The molecule has 2 fully saturated rings. The highest BCUT2D eigenvalue weighted by Gasteiger charge is 2.40. The minimum Gasteiger partial charge on any atom is -0.491 e. The standard InChI is InChI=1S/C21H20N2O5S/c24-19-18(29-20(25)22-19)10-14-6-8-17(9-7-14)27-13-16-11-23(16)21(26)28-12-15-4-2-1-3-5-15/h1-9,16,18H,10-13H2,(H,22,24,25)/t16-,18?,23?/m0/s1. The molecule has 1 unspecified atom stereocenters. The molecule has 2 aromatic rings. The number of hydrogen-bond donors (Lipinski definition) is 1. The zero-order valence-corrected chi connectivity index (χ0v) is 16.4. The second kappa shape index (κ2) is 8.57. The molecule has 3 amide bonds. The topological polar surface area (TPSA) is 84.7 Å². The molecule has 0 aromatic heterocycles. The summed E-state index contributed by atoms with van der Waals surface area (Å²) in [6, 6.07) is 17.0. The first-order valence-electron chi connectivity index (χ1n) is 9.29. The average Bonchev–Trinajstić information content (AvgIpc) is 3.44. The molecule has 0 saturated carbocycles. The SMILES string of the molecule is O=C1NC(=O)C(Cc2ccc(OC[C@@H]3CN3C(=O)OCc3ccccc3)cc2)S1. The Balaban J connectivity index is 1.19. The maximum atomic E-state index is 12.0. The van der Waals surface area contributed by atoms with E-state index in [0.29, 0.717) is 25.3 Å². The molecular weight excluding hydrogens is 392 g/mol. The third kappa shape index (κ3) is 5.08. The lowest BCUT2D eigenvalue weighted by molar-refractivity contribution is -0.118. The molecular formula is C21H20N2O5S. The van der Waals surface area contributed by atoms with Crippen LogP contribution in [0.25, 0.3) is 0 Å². The van der Waals surface area contributed by atoms with Gasteiger partial charge in [0.05, 0.1) is 11.3 Å². The number of thioether (sulfide) groups is 1. The first-order chi connectivity index (χ1) is 14.1. The van der Waals surface area contributed by atoms with Crippen molar-refractivity contribution in [2.24, 2.45) is 0 Å². The van der Waals surface area contributed by atoms with Crippen molar-refractivity contribution < 1.29 is 23.9 Å². The highest BCUT2D eigenvalue weighted by Crippen LogP contribution is 2.25. The molecule has 0 radical (unpaired) electrons. The van der Waals surface area contributed by atoms with Crippen molar-refractivity contribution in [2.75, 3.05) is 13.2 Å². The van der Waals surface area contributed by atoms with Gasteiger partial charge in [0.15, 0.2) is 0 Å². The van der Waals surface area contributed by atoms with Gasteiger partial charge >= 0.3 is 6.09 Å². The molecule has 0 bridgehead atoms. The molecule has 2 aliphatic heterocycles. The average molecular weight is 412 g/mol. The lowest BCUT2D eigenvalue weighted by Crippen LogP contribution is -2.25. The first-order valence-corrected chi connectivity index (χ1v) is 10.2. The van der Waals surface area contributed by atoms with Gasteiger partial charge in [-0.25, -0.2) is 4.79 Å². The molecule has 4 rings (SSSR count). The summed E-state index contributed by atoms with van der Waals surface area (Å²) in [5.41, 5.74) is 1.91. The second-order valence-corrected chi connectivity index (χ2v) is 8.06. The van der Waals surface area contributed by atoms with Gasteiger partial charge in [-0.1, -0.05) is 54.2 Å². The van der Waals surface area contributed by atoms with E-state index in [2.05, 4.69) is 5.32 Å². The summed E-state index contributed by atoms with van der Waals surface area (Å²) in [4.78, 5) is 36.5. The monoisotopic (exact) mass is 412 g/mol. The Bertz CT molecular complexity index is 903. The van der Waals surface area contributed by atoms with Crippen LogP contribution in [0.2, 0.25) is 0 Å². The van der Waals surface area contributed by atoms with Crippen molar-refractivity contribution in [3.63, 3.8) is 0 Å². The molecule has 2 atom stereocenters. The van der Waals surface area contributed by atoms with Crippen LogP contribution in [0.15, 0.2) is 54.6 Å². The van der Waals surface area contributed by atoms with E-state index in [4.69, 9.17) is 9.47 Å². The third-order valence-electron chi connectivity index (χ3n) is 4.71. The second-order valence-electron chi connectivity index (χ2n) is 6.89. The van der Waals surface area contributed by atoms with E-state index in [1.54, 1.807) is 4.90 Å². The summed E-state index contributed by atoms with van der Waals surface area (Å²) >= 11 is 1.02. The van der Waals surface area contributed by atoms with Crippen LogP contribution in [0.1, 0.15) is 11.1 Å². The quantitative estimate of drug-likeness (QED) is 0.704. The number of carbonyl (C=O) groups excluding carboxylic acids is 3. The van der Waals surface area contributed by atoms with Gasteiger partial charge < -0.3 is 9.47 Å². The lowest BCUT2D eigenvalue weighted by atomic mass is 10.1. The summed E-state index contributed by atoms with van der Waals surface area (Å²) in [6.07, 6.45) is 0.159. The summed E-state index contributed by atoms with van der Waals surface area (Å²) in [5.74, 6) is 0.450. The Morgan fingerprint density at radius 1 is 1.07 bits per heavy atom.